The van der Waals surface area contributed by atoms with Gasteiger partial charge in [-0.05, 0) is 26.7 Å². The number of aromatic nitrogens is 3. The fraction of sp³-hybridized carbons (Fsp3) is 0.727. The van der Waals surface area contributed by atoms with Crippen LogP contribution in [0.25, 0.3) is 0 Å². The number of nitrogens with one attached hydrogen (secondary N) is 1. The lowest BCUT2D eigenvalue weighted by Crippen LogP contribution is -2.27. The molecule has 1 fully saturated rings. The van der Waals surface area contributed by atoms with Crippen molar-refractivity contribution in [2.45, 2.75) is 50.5 Å². The van der Waals surface area contributed by atoms with Crippen LogP contribution >= 0.6 is 11.8 Å². The van der Waals surface area contributed by atoms with Gasteiger partial charge in [0.15, 0.2) is 5.16 Å². The first-order chi connectivity index (χ1) is 8.61. The van der Waals surface area contributed by atoms with Gasteiger partial charge in [0.1, 0.15) is 5.82 Å². The van der Waals surface area contributed by atoms with Gasteiger partial charge in [-0.25, -0.2) is 0 Å². The molecule has 1 aliphatic rings. The minimum atomic E-state index is 0.0649. The molecule has 18 heavy (non-hydrogen) atoms. The predicted octanol–water partition coefficient (Wildman–Crippen LogP) is 0.688. The van der Waals surface area contributed by atoms with E-state index in [2.05, 4.69) is 29.4 Å². The highest BCUT2D eigenvalue weighted by molar-refractivity contribution is 7.99. The number of carbonyl (C=O) groups excluding carboxylic acids is 1. The van der Waals surface area contributed by atoms with Gasteiger partial charge in [0, 0.05) is 12.1 Å². The van der Waals surface area contributed by atoms with Crippen LogP contribution in [0, 0.1) is 0 Å². The summed E-state index contributed by atoms with van der Waals surface area (Å²) in [6, 6.07) is 0.646. The molecule has 1 heterocycles. The minimum absolute atomic E-state index is 0.0649. The number of thioether (sulfide) groups is 1. The Morgan fingerprint density at radius 1 is 1.56 bits per heavy atom. The summed E-state index contributed by atoms with van der Waals surface area (Å²) in [7, 11) is 0. The maximum atomic E-state index is 11.6. The van der Waals surface area contributed by atoms with Crippen molar-refractivity contribution in [3.05, 3.63) is 5.82 Å². The van der Waals surface area contributed by atoms with Crippen LogP contribution in [0.2, 0.25) is 0 Å². The monoisotopic (exact) mass is 269 g/mol. The number of hydrogen-bond donors (Lipinski definition) is 2. The Bertz CT molecular complexity index is 427. The molecule has 0 unspecified atom stereocenters. The Hall–Kier alpha value is -1.08. The summed E-state index contributed by atoms with van der Waals surface area (Å²) in [6.07, 6.45) is 2.21. The van der Waals surface area contributed by atoms with Crippen molar-refractivity contribution in [2.75, 3.05) is 5.75 Å². The zero-order valence-electron chi connectivity index (χ0n) is 10.7. The highest BCUT2D eigenvalue weighted by Gasteiger charge is 2.23. The fourth-order valence-electron chi connectivity index (χ4n) is 1.69. The second kappa shape index (κ2) is 5.71. The largest absolute Gasteiger partial charge is 0.353 e. The van der Waals surface area contributed by atoms with Crippen molar-refractivity contribution in [3.8, 4) is 0 Å². The van der Waals surface area contributed by atoms with Crippen molar-refractivity contribution >= 4 is 17.7 Å². The van der Waals surface area contributed by atoms with Crippen LogP contribution in [0.15, 0.2) is 5.16 Å². The van der Waals surface area contributed by atoms with E-state index in [4.69, 9.17) is 5.73 Å². The lowest BCUT2D eigenvalue weighted by Gasteiger charge is -2.12. The molecule has 0 radical (unpaired) electrons. The molecule has 3 N–H and O–H groups in total. The van der Waals surface area contributed by atoms with Crippen molar-refractivity contribution in [2.24, 2.45) is 5.73 Å². The van der Waals surface area contributed by atoms with Crippen LogP contribution in [-0.2, 0) is 11.3 Å². The number of rotatable bonds is 6. The molecule has 0 aromatic carbocycles. The van der Waals surface area contributed by atoms with E-state index in [1.165, 1.54) is 11.8 Å². The third kappa shape index (κ3) is 3.23. The topological polar surface area (TPSA) is 85.8 Å². The summed E-state index contributed by atoms with van der Waals surface area (Å²) in [6.45, 7) is 4.47. The summed E-state index contributed by atoms with van der Waals surface area (Å²) in [5.74, 6) is 1.21. The maximum absolute atomic E-state index is 11.6. The van der Waals surface area contributed by atoms with E-state index in [1.807, 2.05) is 4.57 Å². The van der Waals surface area contributed by atoms with Crippen molar-refractivity contribution in [1.82, 2.24) is 20.1 Å². The van der Waals surface area contributed by atoms with E-state index < -0.39 is 0 Å². The van der Waals surface area contributed by atoms with E-state index in [9.17, 15) is 4.79 Å². The third-order valence-electron chi connectivity index (χ3n) is 2.71. The molecule has 0 atom stereocenters. The van der Waals surface area contributed by atoms with Crippen molar-refractivity contribution < 1.29 is 4.79 Å². The smallest absolute Gasteiger partial charge is 0.230 e. The molecule has 7 heteroatoms. The maximum Gasteiger partial charge on any atom is 0.230 e. The van der Waals surface area contributed by atoms with E-state index in [0.717, 1.165) is 23.8 Å². The Morgan fingerprint density at radius 2 is 2.28 bits per heavy atom. The number of nitrogens with zero attached hydrogens (tertiary/aromatic N) is 3. The molecule has 1 amide bonds. The number of hydrogen-bond acceptors (Lipinski definition) is 5. The summed E-state index contributed by atoms with van der Waals surface area (Å²) in [5.41, 5.74) is 5.62. The molecule has 0 saturated heterocycles. The van der Waals surface area contributed by atoms with Crippen LogP contribution in [-0.4, -0.2) is 32.5 Å². The Morgan fingerprint density at radius 3 is 2.83 bits per heavy atom. The SMILES string of the molecule is CC(C)n1c(CN)nnc1SCC(=O)NC1CC1. The number of nitrogens with two attached hydrogens (primary N) is 1. The molecular weight excluding hydrogens is 250 g/mol. The summed E-state index contributed by atoms with van der Waals surface area (Å²) >= 11 is 1.41. The average Bonchev–Trinajstić information content (AvgIpc) is 3.03. The van der Waals surface area contributed by atoms with Gasteiger partial charge in [-0.1, -0.05) is 11.8 Å². The molecule has 1 aromatic heterocycles. The second-order valence-corrected chi connectivity index (χ2v) is 5.64. The Labute approximate surface area is 111 Å². The molecule has 0 aliphatic heterocycles. The predicted molar refractivity (Wildman–Crippen MR) is 70.2 cm³/mol. The Kier molecular flexibility index (Phi) is 4.23. The fourth-order valence-corrected chi connectivity index (χ4v) is 2.59. The van der Waals surface area contributed by atoms with E-state index in [1.54, 1.807) is 0 Å². The van der Waals surface area contributed by atoms with Crippen LogP contribution in [0.1, 0.15) is 38.6 Å². The van der Waals surface area contributed by atoms with Crippen LogP contribution < -0.4 is 11.1 Å². The van der Waals surface area contributed by atoms with E-state index >= 15 is 0 Å². The minimum Gasteiger partial charge on any atom is -0.353 e. The normalized spacial score (nSPS) is 15.1. The molecule has 1 aliphatic carbocycles. The summed E-state index contributed by atoms with van der Waals surface area (Å²) < 4.78 is 1.98. The lowest BCUT2D eigenvalue weighted by atomic mass is 10.4. The molecular formula is C11H19N5OS. The molecule has 1 aromatic rings. The number of carbonyl (C=O) groups is 1. The highest BCUT2D eigenvalue weighted by Crippen LogP contribution is 2.22. The van der Waals surface area contributed by atoms with Gasteiger partial charge in [-0.15, -0.1) is 10.2 Å². The quantitative estimate of drug-likeness (QED) is 0.742. The first-order valence-electron chi connectivity index (χ1n) is 6.17. The van der Waals surface area contributed by atoms with Crippen molar-refractivity contribution in [1.29, 1.82) is 0 Å². The Balaban J connectivity index is 1.95. The van der Waals surface area contributed by atoms with Crippen LogP contribution in [0.3, 0.4) is 0 Å². The van der Waals surface area contributed by atoms with Gasteiger partial charge in [0.2, 0.25) is 5.91 Å². The molecule has 0 spiro atoms. The average molecular weight is 269 g/mol. The molecule has 2 rings (SSSR count). The zero-order valence-corrected chi connectivity index (χ0v) is 11.5. The van der Waals surface area contributed by atoms with E-state index in [0.29, 0.717) is 18.3 Å². The van der Waals surface area contributed by atoms with Crippen LogP contribution in [0.5, 0.6) is 0 Å². The van der Waals surface area contributed by atoms with Gasteiger partial charge >= 0.3 is 0 Å². The van der Waals surface area contributed by atoms with Crippen molar-refractivity contribution in [3.63, 3.8) is 0 Å². The van der Waals surface area contributed by atoms with Gasteiger partial charge < -0.3 is 15.6 Å². The van der Waals surface area contributed by atoms with Gasteiger partial charge in [0.05, 0.1) is 12.3 Å². The second-order valence-electron chi connectivity index (χ2n) is 4.70. The van der Waals surface area contributed by atoms with Crippen LogP contribution in [0.4, 0.5) is 0 Å². The lowest BCUT2D eigenvalue weighted by molar-refractivity contribution is -0.118. The van der Waals surface area contributed by atoms with Gasteiger partial charge in [-0.2, -0.15) is 0 Å². The molecule has 100 valence electrons. The summed E-state index contributed by atoms with van der Waals surface area (Å²) in [4.78, 5) is 11.6. The first kappa shape index (κ1) is 13.4. The first-order valence-corrected chi connectivity index (χ1v) is 7.16. The molecule has 6 nitrogen and oxygen atoms in total. The standard InChI is InChI=1S/C11H19N5OS/c1-7(2)16-9(5-12)14-15-11(16)18-6-10(17)13-8-3-4-8/h7-8H,3-6,12H2,1-2H3,(H,13,17). The highest BCUT2D eigenvalue weighted by atomic mass is 32.2. The zero-order chi connectivity index (χ0) is 13.1. The molecule has 1 saturated carbocycles. The van der Waals surface area contributed by atoms with Gasteiger partial charge in [-0.3, -0.25) is 4.79 Å². The number of amides is 1. The summed E-state index contributed by atoms with van der Waals surface area (Å²) in [5, 5.41) is 11.8. The van der Waals surface area contributed by atoms with E-state index in [-0.39, 0.29) is 11.9 Å². The third-order valence-corrected chi connectivity index (χ3v) is 3.65. The molecule has 0 bridgehead atoms. The van der Waals surface area contributed by atoms with Gasteiger partial charge in [0.25, 0.3) is 0 Å².